The van der Waals surface area contributed by atoms with Gasteiger partial charge in [-0.2, -0.15) is 0 Å². The molecule has 0 amide bonds. The summed E-state index contributed by atoms with van der Waals surface area (Å²) in [6, 6.07) is 8.35. The van der Waals surface area contributed by atoms with Gasteiger partial charge in [0.15, 0.2) is 6.29 Å². The van der Waals surface area contributed by atoms with E-state index in [0.717, 1.165) is 36.6 Å². The molecule has 1 N–H and O–H groups in total. The van der Waals surface area contributed by atoms with Crippen LogP contribution in [0, 0.1) is 0 Å². The maximum atomic E-state index is 10.8. The second-order valence-electron chi connectivity index (χ2n) is 5.99. The number of benzene rings is 1. The van der Waals surface area contributed by atoms with Crippen LogP contribution in [-0.2, 0) is 4.74 Å². The summed E-state index contributed by atoms with van der Waals surface area (Å²) in [7, 11) is 0. The molecule has 1 saturated heterocycles. The third-order valence-electron chi connectivity index (χ3n) is 3.96. The van der Waals surface area contributed by atoms with Gasteiger partial charge in [0.1, 0.15) is 0 Å². The Labute approximate surface area is 113 Å². The van der Waals surface area contributed by atoms with Crippen molar-refractivity contribution >= 4 is 17.2 Å². The molecule has 0 radical (unpaired) electrons. The van der Waals surface area contributed by atoms with Crippen LogP contribution in [0.25, 0.3) is 10.9 Å². The van der Waals surface area contributed by atoms with Gasteiger partial charge >= 0.3 is 0 Å². The standard InChI is InChI=1S/C16H19NO2/c1-16(2)9-12(5-6-19-16)11-3-4-15-13(7-11)8-14(10-18)17-15/h3-4,7-8,10,12,17H,5-6,9H2,1-2H3. The van der Waals surface area contributed by atoms with Crippen molar-refractivity contribution < 1.29 is 9.53 Å². The fourth-order valence-corrected chi connectivity index (χ4v) is 3.01. The highest BCUT2D eigenvalue weighted by atomic mass is 16.5. The number of carbonyl (C=O) groups is 1. The molecule has 100 valence electrons. The molecule has 0 aliphatic carbocycles. The Morgan fingerprint density at radius 1 is 1.37 bits per heavy atom. The number of nitrogens with one attached hydrogen (secondary N) is 1. The van der Waals surface area contributed by atoms with Gasteiger partial charge in [-0.1, -0.05) is 6.07 Å². The van der Waals surface area contributed by atoms with Crippen LogP contribution < -0.4 is 0 Å². The fraction of sp³-hybridized carbons (Fsp3) is 0.438. The Hall–Kier alpha value is -1.61. The summed E-state index contributed by atoms with van der Waals surface area (Å²) in [5.74, 6) is 0.544. The normalized spacial score (nSPS) is 22.5. The summed E-state index contributed by atoms with van der Waals surface area (Å²) in [4.78, 5) is 13.9. The van der Waals surface area contributed by atoms with Crippen molar-refractivity contribution in [1.82, 2.24) is 4.98 Å². The first-order valence-electron chi connectivity index (χ1n) is 6.79. The van der Waals surface area contributed by atoms with Gasteiger partial charge in [0.25, 0.3) is 0 Å². The first-order valence-corrected chi connectivity index (χ1v) is 6.79. The second-order valence-corrected chi connectivity index (χ2v) is 5.99. The van der Waals surface area contributed by atoms with Crippen LogP contribution in [0.2, 0.25) is 0 Å². The summed E-state index contributed by atoms with van der Waals surface area (Å²) in [6.07, 6.45) is 2.97. The van der Waals surface area contributed by atoms with Gasteiger partial charge < -0.3 is 9.72 Å². The predicted molar refractivity (Wildman–Crippen MR) is 75.7 cm³/mol. The summed E-state index contributed by atoms with van der Waals surface area (Å²) in [6.45, 7) is 5.12. The van der Waals surface area contributed by atoms with Gasteiger partial charge in [0.05, 0.1) is 11.3 Å². The highest BCUT2D eigenvalue weighted by Crippen LogP contribution is 2.36. The maximum Gasteiger partial charge on any atom is 0.166 e. The quantitative estimate of drug-likeness (QED) is 0.834. The highest BCUT2D eigenvalue weighted by Gasteiger charge is 2.29. The van der Waals surface area contributed by atoms with Crippen LogP contribution in [-0.4, -0.2) is 23.5 Å². The zero-order chi connectivity index (χ0) is 13.5. The molecule has 1 aliphatic heterocycles. The molecular weight excluding hydrogens is 238 g/mol. The van der Waals surface area contributed by atoms with Gasteiger partial charge in [0, 0.05) is 17.5 Å². The average Bonchev–Trinajstić information content (AvgIpc) is 2.79. The first-order chi connectivity index (χ1) is 9.07. The van der Waals surface area contributed by atoms with E-state index in [0.29, 0.717) is 11.6 Å². The minimum Gasteiger partial charge on any atom is -0.376 e. The molecule has 0 bridgehead atoms. The molecule has 1 atom stereocenters. The van der Waals surface area contributed by atoms with Crippen molar-refractivity contribution in [2.45, 2.75) is 38.2 Å². The van der Waals surface area contributed by atoms with Gasteiger partial charge in [0.2, 0.25) is 0 Å². The number of carbonyl (C=O) groups excluding carboxylic acids is 1. The summed E-state index contributed by atoms with van der Waals surface area (Å²) < 4.78 is 5.77. The van der Waals surface area contributed by atoms with Crippen molar-refractivity contribution in [3.05, 3.63) is 35.5 Å². The molecular formula is C16H19NO2. The molecule has 2 aromatic rings. The number of hydrogen-bond acceptors (Lipinski definition) is 2. The van der Waals surface area contributed by atoms with Crippen molar-refractivity contribution in [2.24, 2.45) is 0 Å². The van der Waals surface area contributed by atoms with E-state index < -0.39 is 0 Å². The Morgan fingerprint density at radius 2 is 2.21 bits per heavy atom. The zero-order valence-corrected chi connectivity index (χ0v) is 11.4. The van der Waals surface area contributed by atoms with Crippen molar-refractivity contribution in [1.29, 1.82) is 0 Å². The SMILES string of the molecule is CC1(C)CC(c2ccc3[nH]c(C=O)cc3c2)CCO1. The third-order valence-corrected chi connectivity index (χ3v) is 3.96. The van der Waals surface area contributed by atoms with Gasteiger partial charge in [-0.25, -0.2) is 0 Å². The summed E-state index contributed by atoms with van der Waals surface area (Å²) in [5, 5.41) is 1.11. The molecule has 3 rings (SSSR count). The number of hydrogen-bond donors (Lipinski definition) is 1. The van der Waals surface area contributed by atoms with Crippen LogP contribution >= 0.6 is 0 Å². The topological polar surface area (TPSA) is 42.1 Å². The number of aldehydes is 1. The Balaban J connectivity index is 1.94. The van der Waals surface area contributed by atoms with Crippen LogP contribution in [0.4, 0.5) is 0 Å². The third kappa shape index (κ3) is 2.43. The molecule has 1 aromatic heterocycles. The van der Waals surface area contributed by atoms with E-state index in [1.807, 2.05) is 6.07 Å². The fourth-order valence-electron chi connectivity index (χ4n) is 3.01. The van der Waals surface area contributed by atoms with E-state index in [-0.39, 0.29) is 5.60 Å². The van der Waals surface area contributed by atoms with E-state index in [2.05, 4.69) is 37.0 Å². The van der Waals surface area contributed by atoms with E-state index in [1.165, 1.54) is 5.56 Å². The number of aromatic nitrogens is 1. The van der Waals surface area contributed by atoms with E-state index in [1.54, 1.807) is 0 Å². The lowest BCUT2D eigenvalue weighted by Gasteiger charge is -2.35. The summed E-state index contributed by atoms with van der Waals surface area (Å²) >= 11 is 0. The number of fused-ring (bicyclic) bond motifs is 1. The number of rotatable bonds is 2. The molecule has 2 heterocycles. The smallest absolute Gasteiger partial charge is 0.166 e. The van der Waals surface area contributed by atoms with Crippen LogP contribution in [0.15, 0.2) is 24.3 Å². The lowest BCUT2D eigenvalue weighted by atomic mass is 9.83. The summed E-state index contributed by atoms with van der Waals surface area (Å²) in [5.41, 5.74) is 2.97. The average molecular weight is 257 g/mol. The second kappa shape index (κ2) is 4.49. The lowest BCUT2D eigenvalue weighted by Crippen LogP contribution is -2.32. The van der Waals surface area contributed by atoms with Crippen molar-refractivity contribution in [2.75, 3.05) is 6.61 Å². The lowest BCUT2D eigenvalue weighted by molar-refractivity contribution is -0.0592. The Bertz CT molecular complexity index is 612. The van der Waals surface area contributed by atoms with Gasteiger partial charge in [-0.3, -0.25) is 4.79 Å². The molecule has 0 saturated carbocycles. The first kappa shape index (κ1) is 12.4. The zero-order valence-electron chi connectivity index (χ0n) is 11.4. The predicted octanol–water partition coefficient (Wildman–Crippen LogP) is 3.65. The van der Waals surface area contributed by atoms with Gasteiger partial charge in [-0.15, -0.1) is 0 Å². The maximum absolute atomic E-state index is 10.8. The molecule has 19 heavy (non-hydrogen) atoms. The van der Waals surface area contributed by atoms with Crippen LogP contribution in [0.1, 0.15) is 48.7 Å². The molecule has 1 fully saturated rings. The molecule has 0 spiro atoms. The van der Waals surface area contributed by atoms with Gasteiger partial charge in [-0.05, 0) is 56.4 Å². The largest absolute Gasteiger partial charge is 0.376 e. The molecule has 1 aliphatic rings. The van der Waals surface area contributed by atoms with E-state index in [9.17, 15) is 4.79 Å². The Morgan fingerprint density at radius 3 is 2.95 bits per heavy atom. The minimum atomic E-state index is -0.0377. The van der Waals surface area contributed by atoms with E-state index >= 15 is 0 Å². The minimum absolute atomic E-state index is 0.0377. The monoisotopic (exact) mass is 257 g/mol. The van der Waals surface area contributed by atoms with Crippen molar-refractivity contribution in [3.8, 4) is 0 Å². The molecule has 1 unspecified atom stereocenters. The molecule has 3 nitrogen and oxygen atoms in total. The van der Waals surface area contributed by atoms with E-state index in [4.69, 9.17) is 4.74 Å². The molecule has 1 aromatic carbocycles. The van der Waals surface area contributed by atoms with Crippen LogP contribution in [0.5, 0.6) is 0 Å². The molecule has 3 heteroatoms. The number of aromatic amines is 1. The number of H-pyrrole nitrogens is 1. The number of ether oxygens (including phenoxy) is 1. The Kier molecular flexibility index (Phi) is 2.94. The van der Waals surface area contributed by atoms with Crippen LogP contribution in [0.3, 0.4) is 0 Å². The highest BCUT2D eigenvalue weighted by molar-refractivity contribution is 5.88. The van der Waals surface area contributed by atoms with Crippen molar-refractivity contribution in [3.63, 3.8) is 0 Å².